The van der Waals surface area contributed by atoms with E-state index >= 15 is 0 Å². The van der Waals surface area contributed by atoms with Crippen molar-refractivity contribution >= 4 is 17.8 Å². The van der Waals surface area contributed by atoms with Crippen molar-refractivity contribution in [1.29, 1.82) is 0 Å². The molecule has 0 aromatic carbocycles. The molecular weight excluding hydrogens is 248 g/mol. The molecule has 0 spiro atoms. The summed E-state index contributed by atoms with van der Waals surface area (Å²) in [5, 5.41) is 11.6. The molecule has 0 rings (SSSR count). The zero-order valence-electron chi connectivity index (χ0n) is 12.3. The van der Waals surface area contributed by atoms with E-state index < -0.39 is 17.8 Å². The fraction of sp³-hybridized carbons (Fsp3) is 0.769. The Kier molecular flexibility index (Phi) is 7.11. The summed E-state index contributed by atoms with van der Waals surface area (Å²) < 4.78 is 0. The van der Waals surface area contributed by atoms with Crippen molar-refractivity contribution in [3.8, 4) is 0 Å². The Morgan fingerprint density at radius 1 is 1.11 bits per heavy atom. The fourth-order valence-electron chi connectivity index (χ4n) is 1.44. The molecule has 2 N–H and O–H groups in total. The average Bonchev–Trinajstić information content (AvgIpc) is 2.33. The molecule has 2 atom stereocenters. The number of likely N-dealkylation sites (N-methyl/N-ethyl adjacent to an activating group) is 1. The number of rotatable bonds is 7. The van der Waals surface area contributed by atoms with E-state index in [0.29, 0.717) is 12.5 Å². The molecule has 0 aliphatic carbocycles. The van der Waals surface area contributed by atoms with E-state index in [2.05, 4.69) is 5.32 Å². The summed E-state index contributed by atoms with van der Waals surface area (Å²) in [7, 11) is 1.50. The van der Waals surface area contributed by atoms with Crippen molar-refractivity contribution in [1.82, 2.24) is 10.2 Å². The molecule has 0 saturated carbocycles. The van der Waals surface area contributed by atoms with E-state index in [4.69, 9.17) is 5.11 Å². The number of nitrogens with one attached hydrogen (secondary N) is 1. The molecule has 2 amide bonds. The third kappa shape index (κ3) is 6.22. The number of carbonyl (C=O) groups excluding carboxylic acids is 2. The van der Waals surface area contributed by atoms with Gasteiger partial charge in [-0.1, -0.05) is 27.7 Å². The van der Waals surface area contributed by atoms with Crippen molar-refractivity contribution in [2.24, 2.45) is 17.8 Å². The predicted molar refractivity (Wildman–Crippen MR) is 71.4 cm³/mol. The van der Waals surface area contributed by atoms with Gasteiger partial charge < -0.3 is 15.3 Å². The summed E-state index contributed by atoms with van der Waals surface area (Å²) in [6.45, 7) is 7.50. The molecule has 0 aromatic heterocycles. The Morgan fingerprint density at radius 3 is 2.05 bits per heavy atom. The second kappa shape index (κ2) is 7.76. The fourth-order valence-corrected chi connectivity index (χ4v) is 1.44. The first-order valence-corrected chi connectivity index (χ1v) is 6.41. The Balaban J connectivity index is 4.34. The van der Waals surface area contributed by atoms with Gasteiger partial charge in [0.05, 0.1) is 12.5 Å². The van der Waals surface area contributed by atoms with Crippen LogP contribution >= 0.6 is 0 Å². The topological polar surface area (TPSA) is 86.7 Å². The smallest absolute Gasteiger partial charge is 0.307 e. The summed E-state index contributed by atoms with van der Waals surface area (Å²) in [4.78, 5) is 35.6. The highest BCUT2D eigenvalue weighted by Crippen LogP contribution is 2.13. The zero-order valence-corrected chi connectivity index (χ0v) is 12.3. The number of carbonyl (C=O) groups is 3. The largest absolute Gasteiger partial charge is 0.481 e. The van der Waals surface area contributed by atoms with Gasteiger partial charge in [-0.2, -0.15) is 0 Å². The van der Waals surface area contributed by atoms with Crippen LogP contribution in [0.5, 0.6) is 0 Å². The van der Waals surface area contributed by atoms with Crippen LogP contribution in [0.25, 0.3) is 0 Å². The summed E-state index contributed by atoms with van der Waals surface area (Å²) in [5.41, 5.74) is 0. The predicted octanol–water partition coefficient (Wildman–Crippen LogP) is 0.574. The van der Waals surface area contributed by atoms with Gasteiger partial charge in [0.2, 0.25) is 11.8 Å². The van der Waals surface area contributed by atoms with E-state index in [1.165, 1.54) is 18.9 Å². The van der Waals surface area contributed by atoms with Crippen LogP contribution in [-0.2, 0) is 14.4 Å². The summed E-state index contributed by atoms with van der Waals surface area (Å²) >= 11 is 0. The van der Waals surface area contributed by atoms with Crippen LogP contribution in [0, 0.1) is 17.8 Å². The minimum Gasteiger partial charge on any atom is -0.481 e. The SMILES string of the molecule is CC(C)CNC(=O)CN(C)C(=O)C(C)C(C)C(=O)O. The van der Waals surface area contributed by atoms with Crippen molar-refractivity contribution in [3.05, 3.63) is 0 Å². The summed E-state index contributed by atoms with van der Waals surface area (Å²) in [6.07, 6.45) is 0. The van der Waals surface area contributed by atoms with Gasteiger partial charge in [-0.25, -0.2) is 0 Å². The summed E-state index contributed by atoms with van der Waals surface area (Å²) in [6, 6.07) is 0. The first-order valence-electron chi connectivity index (χ1n) is 6.41. The van der Waals surface area contributed by atoms with Gasteiger partial charge in [-0.15, -0.1) is 0 Å². The Hall–Kier alpha value is -1.59. The van der Waals surface area contributed by atoms with Crippen molar-refractivity contribution < 1.29 is 19.5 Å². The maximum Gasteiger partial charge on any atom is 0.307 e. The third-order valence-electron chi connectivity index (χ3n) is 2.99. The molecule has 0 radical (unpaired) electrons. The molecule has 0 fully saturated rings. The number of amides is 2. The molecule has 6 heteroatoms. The second-order valence-electron chi connectivity index (χ2n) is 5.31. The maximum atomic E-state index is 11.9. The van der Waals surface area contributed by atoms with E-state index in [0.717, 1.165) is 0 Å². The number of hydrogen-bond acceptors (Lipinski definition) is 3. The minimum absolute atomic E-state index is 0.0533. The van der Waals surface area contributed by atoms with Crippen LogP contribution in [0.15, 0.2) is 0 Å². The van der Waals surface area contributed by atoms with Gasteiger partial charge in [0.25, 0.3) is 0 Å². The molecule has 6 nitrogen and oxygen atoms in total. The van der Waals surface area contributed by atoms with Crippen LogP contribution in [0.2, 0.25) is 0 Å². The standard InChI is InChI=1S/C13H24N2O4/c1-8(2)6-14-11(16)7-15(5)12(17)9(3)10(4)13(18)19/h8-10H,6-7H2,1-5H3,(H,14,16)(H,18,19). The van der Waals surface area contributed by atoms with Crippen molar-refractivity contribution in [2.45, 2.75) is 27.7 Å². The Morgan fingerprint density at radius 2 is 1.63 bits per heavy atom. The van der Waals surface area contributed by atoms with Gasteiger partial charge in [0, 0.05) is 19.5 Å². The van der Waals surface area contributed by atoms with Gasteiger partial charge in [-0.3, -0.25) is 14.4 Å². The molecule has 0 aliphatic heterocycles. The Labute approximate surface area is 114 Å². The highest BCUT2D eigenvalue weighted by Gasteiger charge is 2.28. The highest BCUT2D eigenvalue weighted by atomic mass is 16.4. The summed E-state index contributed by atoms with van der Waals surface area (Å²) in [5.74, 6) is -2.67. The molecule has 0 aromatic rings. The number of nitrogens with zero attached hydrogens (tertiary/aromatic N) is 1. The lowest BCUT2D eigenvalue weighted by Crippen LogP contribution is -2.43. The van der Waals surface area contributed by atoms with Crippen LogP contribution in [0.1, 0.15) is 27.7 Å². The van der Waals surface area contributed by atoms with Crippen molar-refractivity contribution in [3.63, 3.8) is 0 Å². The Bertz CT molecular complexity index is 342. The van der Waals surface area contributed by atoms with Crippen LogP contribution in [0.4, 0.5) is 0 Å². The number of aliphatic carboxylic acids is 1. The van der Waals surface area contributed by atoms with E-state index in [-0.39, 0.29) is 18.4 Å². The van der Waals surface area contributed by atoms with Gasteiger partial charge in [-0.05, 0) is 5.92 Å². The zero-order chi connectivity index (χ0) is 15.2. The molecular formula is C13H24N2O4. The van der Waals surface area contributed by atoms with Crippen LogP contribution in [-0.4, -0.2) is 47.9 Å². The number of hydrogen-bond donors (Lipinski definition) is 2. The lowest BCUT2D eigenvalue weighted by molar-refractivity contribution is -0.149. The van der Waals surface area contributed by atoms with Crippen LogP contribution in [0.3, 0.4) is 0 Å². The lowest BCUT2D eigenvalue weighted by Gasteiger charge is -2.23. The molecule has 0 aliphatic rings. The normalized spacial score (nSPS) is 13.8. The molecule has 2 unspecified atom stereocenters. The van der Waals surface area contributed by atoms with Gasteiger partial charge in [0.1, 0.15) is 0 Å². The monoisotopic (exact) mass is 272 g/mol. The molecule has 0 heterocycles. The van der Waals surface area contributed by atoms with E-state index in [9.17, 15) is 14.4 Å². The first kappa shape index (κ1) is 17.4. The quantitative estimate of drug-likeness (QED) is 0.709. The molecule has 110 valence electrons. The second-order valence-corrected chi connectivity index (χ2v) is 5.31. The highest BCUT2D eigenvalue weighted by molar-refractivity contribution is 5.88. The van der Waals surface area contributed by atoms with Crippen LogP contribution < -0.4 is 5.32 Å². The molecule has 0 saturated heterocycles. The molecule has 0 bridgehead atoms. The average molecular weight is 272 g/mol. The van der Waals surface area contributed by atoms with E-state index in [1.54, 1.807) is 6.92 Å². The molecule has 19 heavy (non-hydrogen) atoms. The van der Waals surface area contributed by atoms with Gasteiger partial charge >= 0.3 is 5.97 Å². The third-order valence-corrected chi connectivity index (χ3v) is 2.99. The van der Waals surface area contributed by atoms with E-state index in [1.807, 2.05) is 13.8 Å². The maximum absolute atomic E-state index is 11.9. The minimum atomic E-state index is -1.02. The number of carboxylic acid groups (broad SMARTS) is 1. The number of carboxylic acids is 1. The van der Waals surface area contributed by atoms with Gasteiger partial charge in [0.15, 0.2) is 0 Å². The first-order chi connectivity index (χ1) is 8.66. The van der Waals surface area contributed by atoms with Crippen molar-refractivity contribution in [2.75, 3.05) is 20.1 Å². The lowest BCUT2D eigenvalue weighted by atomic mass is 9.95.